The highest BCUT2D eigenvalue weighted by Gasteiger charge is 2.43. The van der Waals surface area contributed by atoms with Gasteiger partial charge in [0.15, 0.2) is 0 Å². The molecule has 0 unspecified atom stereocenters. The molecule has 0 bridgehead atoms. The second-order valence-electron chi connectivity index (χ2n) is 7.37. The van der Waals surface area contributed by atoms with Crippen LogP contribution < -0.4 is 10.6 Å². The van der Waals surface area contributed by atoms with E-state index >= 15 is 0 Å². The summed E-state index contributed by atoms with van der Waals surface area (Å²) in [6, 6.07) is 9.80. The van der Waals surface area contributed by atoms with Gasteiger partial charge in [-0.05, 0) is 44.2 Å². The molecule has 1 saturated heterocycles. The molecule has 27 heavy (non-hydrogen) atoms. The molecule has 0 spiro atoms. The molecule has 7 heteroatoms. The summed E-state index contributed by atoms with van der Waals surface area (Å²) < 4.78 is 1.71. The van der Waals surface area contributed by atoms with Crippen LogP contribution in [0.4, 0.5) is 0 Å². The van der Waals surface area contributed by atoms with Crippen molar-refractivity contribution < 1.29 is 9.90 Å². The van der Waals surface area contributed by atoms with Crippen molar-refractivity contribution in [2.24, 2.45) is 7.05 Å². The van der Waals surface area contributed by atoms with Crippen molar-refractivity contribution in [3.63, 3.8) is 0 Å². The standard InChI is InChI=1S/C20H26N4O2.ClH/c1-24-18(15-9-5-6-10-16(15)23-24)19(26)22-20(11-12-21-13-17(20)25)14-7-3-2-4-8-14;/h2-4,7-8,17,21,25H,5-6,9-13H2,1H3,(H,22,26);1H/t17-,20-;/m1./s1. The van der Waals surface area contributed by atoms with Crippen LogP contribution in [0.25, 0.3) is 0 Å². The van der Waals surface area contributed by atoms with Gasteiger partial charge in [0.25, 0.3) is 5.91 Å². The molecule has 1 aromatic carbocycles. The number of hydrogen-bond acceptors (Lipinski definition) is 4. The quantitative estimate of drug-likeness (QED) is 0.745. The zero-order valence-electron chi connectivity index (χ0n) is 15.6. The summed E-state index contributed by atoms with van der Waals surface area (Å²) in [5.74, 6) is -0.145. The Kier molecular flexibility index (Phi) is 5.89. The number of aliphatic hydroxyl groups is 1. The highest BCUT2D eigenvalue weighted by Crippen LogP contribution is 2.32. The first-order chi connectivity index (χ1) is 12.6. The van der Waals surface area contributed by atoms with Crippen LogP contribution in [0.3, 0.4) is 0 Å². The molecule has 2 heterocycles. The third kappa shape index (κ3) is 3.49. The van der Waals surface area contributed by atoms with E-state index in [4.69, 9.17) is 0 Å². The van der Waals surface area contributed by atoms with Gasteiger partial charge in [0.1, 0.15) is 5.69 Å². The van der Waals surface area contributed by atoms with Gasteiger partial charge in [0.2, 0.25) is 0 Å². The largest absolute Gasteiger partial charge is 0.389 e. The summed E-state index contributed by atoms with van der Waals surface area (Å²) >= 11 is 0. The van der Waals surface area contributed by atoms with Crippen LogP contribution in [-0.4, -0.2) is 40.0 Å². The monoisotopic (exact) mass is 390 g/mol. The van der Waals surface area contributed by atoms with Crippen LogP contribution in [0.5, 0.6) is 0 Å². The number of carbonyl (C=O) groups is 1. The number of piperidine rings is 1. The normalized spacial score (nSPS) is 24.6. The van der Waals surface area contributed by atoms with E-state index < -0.39 is 11.6 Å². The first-order valence-corrected chi connectivity index (χ1v) is 9.43. The number of carbonyl (C=O) groups excluding carboxylic acids is 1. The maximum Gasteiger partial charge on any atom is 0.270 e. The third-order valence-electron chi connectivity index (χ3n) is 5.76. The van der Waals surface area contributed by atoms with E-state index in [1.165, 1.54) is 0 Å². The average Bonchev–Trinajstić information content (AvgIpc) is 3.00. The summed E-state index contributed by atoms with van der Waals surface area (Å²) in [5.41, 5.74) is 2.92. The fraction of sp³-hybridized carbons (Fsp3) is 0.500. The SMILES string of the molecule is Cl.Cn1nc2c(c1C(=O)N[C@@]1(c3ccccc3)CCNC[C@H]1O)CCCC2. The van der Waals surface area contributed by atoms with Gasteiger partial charge in [-0.2, -0.15) is 5.10 Å². The molecule has 2 aromatic rings. The second kappa shape index (κ2) is 8.00. The zero-order valence-corrected chi connectivity index (χ0v) is 16.4. The van der Waals surface area contributed by atoms with Gasteiger partial charge >= 0.3 is 0 Å². The van der Waals surface area contributed by atoms with Gasteiger partial charge in [-0.25, -0.2) is 0 Å². The van der Waals surface area contributed by atoms with Gasteiger partial charge in [0, 0.05) is 19.2 Å². The predicted molar refractivity (Wildman–Crippen MR) is 106 cm³/mol. The molecule has 6 nitrogen and oxygen atoms in total. The first kappa shape index (κ1) is 19.9. The van der Waals surface area contributed by atoms with E-state index in [1.807, 2.05) is 37.4 Å². The van der Waals surface area contributed by atoms with Gasteiger partial charge < -0.3 is 15.7 Å². The Morgan fingerprint density at radius 2 is 2.04 bits per heavy atom. The van der Waals surface area contributed by atoms with Crippen molar-refractivity contribution in [2.45, 2.75) is 43.7 Å². The van der Waals surface area contributed by atoms with Gasteiger partial charge in [-0.15, -0.1) is 12.4 Å². The van der Waals surface area contributed by atoms with Gasteiger partial charge in [0.05, 0.1) is 17.3 Å². The van der Waals surface area contributed by atoms with Crippen molar-refractivity contribution in [1.82, 2.24) is 20.4 Å². The van der Waals surface area contributed by atoms with Crippen LogP contribution in [-0.2, 0) is 25.4 Å². The Morgan fingerprint density at radius 3 is 2.78 bits per heavy atom. The number of rotatable bonds is 3. The molecule has 1 amide bonds. The highest BCUT2D eigenvalue weighted by atomic mass is 35.5. The van der Waals surface area contributed by atoms with Gasteiger partial charge in [-0.3, -0.25) is 9.48 Å². The topological polar surface area (TPSA) is 79.2 Å². The minimum absolute atomic E-state index is 0. The molecular weight excluding hydrogens is 364 g/mol. The molecule has 3 N–H and O–H groups in total. The van der Waals surface area contributed by atoms with Crippen molar-refractivity contribution in [3.05, 3.63) is 52.8 Å². The maximum atomic E-state index is 13.3. The number of hydrogen-bond donors (Lipinski definition) is 3. The summed E-state index contributed by atoms with van der Waals surface area (Å²) in [5, 5.41) is 21.8. The molecule has 146 valence electrons. The lowest BCUT2D eigenvalue weighted by Crippen LogP contribution is -2.61. The third-order valence-corrected chi connectivity index (χ3v) is 5.76. The summed E-state index contributed by atoms with van der Waals surface area (Å²) in [6.45, 7) is 1.20. The molecule has 1 fully saturated rings. The van der Waals surface area contributed by atoms with E-state index in [9.17, 15) is 9.90 Å². The number of amides is 1. The molecule has 1 aliphatic carbocycles. The minimum Gasteiger partial charge on any atom is -0.389 e. The lowest BCUT2D eigenvalue weighted by Gasteiger charge is -2.43. The number of fused-ring (bicyclic) bond motifs is 1. The molecule has 2 aliphatic rings. The number of β-amino-alcohol motifs (C(OH)–C–C–N with tert-alkyl or cyclic N) is 1. The number of aryl methyl sites for hydroxylation is 2. The van der Waals surface area contributed by atoms with Crippen LogP contribution in [0.15, 0.2) is 30.3 Å². The van der Waals surface area contributed by atoms with Crippen molar-refractivity contribution in [2.75, 3.05) is 13.1 Å². The van der Waals surface area contributed by atoms with Crippen molar-refractivity contribution in [1.29, 1.82) is 0 Å². The Balaban J connectivity index is 0.00000210. The number of benzene rings is 1. The number of aliphatic hydroxyl groups excluding tert-OH is 1. The molecule has 4 rings (SSSR count). The molecule has 0 saturated carbocycles. The summed E-state index contributed by atoms with van der Waals surface area (Å²) in [4.78, 5) is 13.3. The van der Waals surface area contributed by atoms with E-state index in [2.05, 4.69) is 15.7 Å². The maximum absolute atomic E-state index is 13.3. The van der Waals surface area contributed by atoms with E-state index in [1.54, 1.807) is 4.68 Å². The minimum atomic E-state index is -0.782. The van der Waals surface area contributed by atoms with Gasteiger partial charge in [-0.1, -0.05) is 30.3 Å². The van der Waals surface area contributed by atoms with Crippen molar-refractivity contribution >= 4 is 18.3 Å². The van der Waals surface area contributed by atoms with Crippen LogP contribution in [0, 0.1) is 0 Å². The summed E-state index contributed by atoms with van der Waals surface area (Å²) in [7, 11) is 1.83. The smallest absolute Gasteiger partial charge is 0.270 e. The Bertz CT molecular complexity index is 808. The Hall–Kier alpha value is -1.89. The van der Waals surface area contributed by atoms with Crippen LogP contribution >= 0.6 is 12.4 Å². The number of halogens is 1. The first-order valence-electron chi connectivity index (χ1n) is 9.43. The lowest BCUT2D eigenvalue weighted by atomic mass is 9.79. The number of nitrogens with one attached hydrogen (secondary N) is 2. The zero-order chi connectivity index (χ0) is 18.1. The molecule has 1 aliphatic heterocycles. The molecule has 0 radical (unpaired) electrons. The van der Waals surface area contributed by atoms with E-state index in [-0.39, 0.29) is 18.3 Å². The Labute approximate surface area is 165 Å². The predicted octanol–water partition coefficient (Wildman–Crippen LogP) is 1.70. The summed E-state index contributed by atoms with van der Waals surface area (Å²) in [6.07, 6.45) is 4.01. The highest BCUT2D eigenvalue weighted by molar-refractivity contribution is 5.95. The molecule has 1 aromatic heterocycles. The number of nitrogens with zero attached hydrogens (tertiary/aromatic N) is 2. The van der Waals surface area contributed by atoms with Crippen molar-refractivity contribution in [3.8, 4) is 0 Å². The average molecular weight is 391 g/mol. The second-order valence-corrected chi connectivity index (χ2v) is 7.37. The Morgan fingerprint density at radius 1 is 1.30 bits per heavy atom. The van der Waals surface area contributed by atoms with E-state index in [0.29, 0.717) is 18.7 Å². The number of aromatic nitrogens is 2. The van der Waals surface area contributed by atoms with Crippen LogP contribution in [0.1, 0.15) is 46.6 Å². The fourth-order valence-corrected chi connectivity index (χ4v) is 4.38. The fourth-order valence-electron chi connectivity index (χ4n) is 4.38. The van der Waals surface area contributed by atoms with E-state index in [0.717, 1.165) is 49.0 Å². The molecular formula is C20H27ClN4O2. The van der Waals surface area contributed by atoms with Crippen LogP contribution in [0.2, 0.25) is 0 Å². The lowest BCUT2D eigenvalue weighted by molar-refractivity contribution is 0.0286. The molecule has 2 atom stereocenters.